The summed E-state index contributed by atoms with van der Waals surface area (Å²) in [6.07, 6.45) is 5.08. The number of carbonyl (C=O) groups excluding carboxylic acids is 2. The number of ketones is 1. The Kier molecular flexibility index (Phi) is 9.55. The van der Waals surface area contributed by atoms with Crippen molar-refractivity contribution in [2.24, 2.45) is 5.11 Å². The average Bonchev–Trinajstić information content (AvgIpc) is 3.19. The Bertz CT molecular complexity index is 1560. The van der Waals surface area contributed by atoms with E-state index < -0.39 is 40.3 Å². The SMILES string of the molecule is C/C(=C\c1sc(Oc2ccc(F)c(F)c2)cc1Cl)C(=O)c1c(O)cc(CCC/C=C/C(=O)N=[N+]=[N-])oc1=O. The molecule has 0 fully saturated rings. The van der Waals surface area contributed by atoms with E-state index in [1.54, 1.807) is 0 Å². The predicted octanol–water partition coefficient (Wildman–Crippen LogP) is 7.13. The van der Waals surface area contributed by atoms with Gasteiger partial charge in [0.05, 0.1) is 5.02 Å². The summed E-state index contributed by atoms with van der Waals surface area (Å²) in [5, 5.41) is 13.7. The molecule has 0 saturated carbocycles. The van der Waals surface area contributed by atoms with E-state index in [0.29, 0.717) is 17.7 Å². The van der Waals surface area contributed by atoms with Crippen LogP contribution in [0.3, 0.4) is 0 Å². The first-order valence-electron chi connectivity index (χ1n) is 10.9. The third-order valence-corrected chi connectivity index (χ3v) is 6.30. The molecule has 3 rings (SSSR count). The van der Waals surface area contributed by atoms with Crippen LogP contribution in [0.2, 0.25) is 5.02 Å². The number of Topliss-reactive ketones (excluding diaryl/α,β-unsaturated/α-hetero) is 1. The Labute approximate surface area is 222 Å². The normalized spacial score (nSPS) is 11.4. The van der Waals surface area contributed by atoms with Crippen molar-refractivity contribution in [1.82, 2.24) is 0 Å². The second-order valence-corrected chi connectivity index (χ2v) is 9.15. The summed E-state index contributed by atoms with van der Waals surface area (Å²) >= 11 is 7.24. The zero-order valence-electron chi connectivity index (χ0n) is 19.6. The molecule has 0 unspecified atom stereocenters. The van der Waals surface area contributed by atoms with Gasteiger partial charge in [-0.05, 0) is 60.3 Å². The number of benzene rings is 1. The minimum atomic E-state index is -1.08. The molecule has 0 bridgehead atoms. The number of rotatable bonds is 10. The summed E-state index contributed by atoms with van der Waals surface area (Å²) in [5.74, 6) is -3.98. The van der Waals surface area contributed by atoms with Gasteiger partial charge in [0.1, 0.15) is 22.8 Å². The maximum absolute atomic E-state index is 13.4. The third-order valence-electron chi connectivity index (χ3n) is 4.91. The van der Waals surface area contributed by atoms with Crippen LogP contribution in [0.25, 0.3) is 16.5 Å². The molecule has 0 atom stereocenters. The lowest BCUT2D eigenvalue weighted by molar-refractivity contribution is -0.113. The van der Waals surface area contributed by atoms with Crippen molar-refractivity contribution in [1.29, 1.82) is 0 Å². The first-order valence-corrected chi connectivity index (χ1v) is 12.0. The number of hydrogen-bond acceptors (Lipinski definition) is 7. The van der Waals surface area contributed by atoms with E-state index in [0.717, 1.165) is 29.5 Å². The number of aryl methyl sites for hydroxylation is 1. The average molecular weight is 562 g/mol. The summed E-state index contributed by atoms with van der Waals surface area (Å²) in [5.41, 5.74) is 6.67. The van der Waals surface area contributed by atoms with Crippen molar-refractivity contribution < 1.29 is 32.6 Å². The highest BCUT2D eigenvalue weighted by atomic mass is 35.5. The van der Waals surface area contributed by atoms with Gasteiger partial charge in [0.2, 0.25) is 5.91 Å². The smallest absolute Gasteiger partial charge is 0.351 e. The van der Waals surface area contributed by atoms with Crippen LogP contribution in [0, 0.1) is 11.6 Å². The molecule has 38 heavy (non-hydrogen) atoms. The molecule has 3 aromatic rings. The Hall–Kier alpha value is -4.25. The fourth-order valence-electron chi connectivity index (χ4n) is 3.14. The van der Waals surface area contributed by atoms with Gasteiger partial charge in [-0.2, -0.15) is 0 Å². The number of carbonyl (C=O) groups is 2. The van der Waals surface area contributed by atoms with E-state index in [1.807, 2.05) is 0 Å². The van der Waals surface area contributed by atoms with E-state index >= 15 is 0 Å². The quantitative estimate of drug-likeness (QED) is 0.0696. The number of halogens is 3. The van der Waals surface area contributed by atoms with Crippen molar-refractivity contribution >= 4 is 40.7 Å². The van der Waals surface area contributed by atoms with E-state index in [1.165, 1.54) is 37.3 Å². The number of aromatic hydroxyl groups is 1. The fraction of sp³-hybridized carbons (Fsp3) is 0.160. The van der Waals surface area contributed by atoms with Crippen LogP contribution in [0.1, 0.15) is 40.8 Å². The lowest BCUT2D eigenvalue weighted by Gasteiger charge is -2.05. The van der Waals surface area contributed by atoms with Gasteiger partial charge in [-0.25, -0.2) is 13.6 Å². The van der Waals surface area contributed by atoms with Gasteiger partial charge in [0, 0.05) is 34.4 Å². The largest absolute Gasteiger partial charge is 0.507 e. The molecule has 0 spiro atoms. The summed E-state index contributed by atoms with van der Waals surface area (Å²) in [6, 6.07) is 5.64. The fourth-order valence-corrected chi connectivity index (χ4v) is 4.40. The molecule has 1 N–H and O–H groups in total. The Morgan fingerprint density at radius 2 is 2.03 bits per heavy atom. The van der Waals surface area contributed by atoms with E-state index in [-0.39, 0.29) is 33.6 Å². The Morgan fingerprint density at radius 3 is 2.71 bits per heavy atom. The molecular weight excluding hydrogens is 544 g/mol. The topological polar surface area (TPSA) is 143 Å². The number of unbranched alkanes of at least 4 members (excludes halogenated alkanes) is 1. The lowest BCUT2D eigenvalue weighted by Crippen LogP contribution is -2.16. The zero-order valence-corrected chi connectivity index (χ0v) is 21.2. The van der Waals surface area contributed by atoms with Crippen LogP contribution < -0.4 is 10.4 Å². The van der Waals surface area contributed by atoms with Crippen molar-refractivity contribution in [3.05, 3.63) is 102 Å². The first-order chi connectivity index (χ1) is 18.1. The Balaban J connectivity index is 1.71. The highest BCUT2D eigenvalue weighted by molar-refractivity contribution is 7.15. The molecule has 0 aliphatic heterocycles. The molecule has 9 nitrogen and oxygen atoms in total. The third kappa shape index (κ3) is 7.39. The molecule has 2 heterocycles. The highest BCUT2D eigenvalue weighted by Crippen LogP contribution is 2.37. The standard InChI is InChI=1S/C25H18ClF2N3O6S/c1-13(9-20-16(26)12-22(38-20)36-15-7-8-17(27)18(28)10-15)24(34)23-19(32)11-14(37-25(23)35)5-3-2-4-6-21(33)30-31-29/h4,6-12,32H,2-3,5H2,1H3/b6-4+,13-9+. The van der Waals surface area contributed by atoms with E-state index in [4.69, 9.17) is 26.3 Å². The molecule has 1 aromatic carbocycles. The number of azide groups is 1. The number of ether oxygens (including phenoxy) is 1. The van der Waals surface area contributed by atoms with Gasteiger partial charge in [0.25, 0.3) is 0 Å². The lowest BCUT2D eigenvalue weighted by atomic mass is 10.0. The number of allylic oxidation sites excluding steroid dienone is 2. The maximum Gasteiger partial charge on any atom is 0.351 e. The molecule has 0 aliphatic carbocycles. The minimum absolute atomic E-state index is 0.0467. The Morgan fingerprint density at radius 1 is 1.26 bits per heavy atom. The highest BCUT2D eigenvalue weighted by Gasteiger charge is 2.21. The number of thiophene rings is 1. The summed E-state index contributed by atoms with van der Waals surface area (Å²) in [7, 11) is 0. The van der Waals surface area contributed by atoms with Gasteiger partial charge in [0.15, 0.2) is 22.5 Å². The van der Waals surface area contributed by atoms with E-state index in [9.17, 15) is 28.3 Å². The molecule has 2 aromatic heterocycles. The number of amides is 1. The molecule has 0 saturated heterocycles. The van der Waals surface area contributed by atoms with Crippen LogP contribution in [0.5, 0.6) is 16.6 Å². The van der Waals surface area contributed by atoms with Gasteiger partial charge < -0.3 is 14.3 Å². The molecule has 0 radical (unpaired) electrons. The summed E-state index contributed by atoms with van der Waals surface area (Å²) < 4.78 is 37.2. The van der Waals surface area contributed by atoms with Gasteiger partial charge >= 0.3 is 5.63 Å². The van der Waals surface area contributed by atoms with Crippen molar-refractivity contribution in [2.45, 2.75) is 26.2 Å². The monoisotopic (exact) mass is 561 g/mol. The van der Waals surface area contributed by atoms with Crippen LogP contribution >= 0.6 is 22.9 Å². The van der Waals surface area contributed by atoms with Crippen molar-refractivity contribution in [2.75, 3.05) is 0 Å². The van der Waals surface area contributed by atoms with E-state index in [2.05, 4.69) is 10.0 Å². The molecular formula is C25H18ClF2N3O6S. The maximum atomic E-state index is 13.4. The van der Waals surface area contributed by atoms with Crippen LogP contribution in [-0.2, 0) is 11.2 Å². The molecule has 196 valence electrons. The summed E-state index contributed by atoms with van der Waals surface area (Å²) in [6.45, 7) is 1.42. The van der Waals surface area contributed by atoms with Crippen molar-refractivity contribution in [3.63, 3.8) is 0 Å². The van der Waals surface area contributed by atoms with Crippen LogP contribution in [-0.4, -0.2) is 16.8 Å². The zero-order chi connectivity index (χ0) is 27.8. The number of nitrogens with zero attached hydrogens (tertiary/aromatic N) is 3. The second-order valence-electron chi connectivity index (χ2n) is 7.69. The van der Waals surface area contributed by atoms with Crippen molar-refractivity contribution in [3.8, 4) is 16.6 Å². The molecule has 1 amide bonds. The number of hydrogen-bond donors (Lipinski definition) is 1. The van der Waals surface area contributed by atoms with Crippen LogP contribution in [0.15, 0.2) is 62.4 Å². The van der Waals surface area contributed by atoms with Gasteiger partial charge in [-0.3, -0.25) is 9.59 Å². The molecule has 0 aliphatic rings. The van der Waals surface area contributed by atoms with Gasteiger partial charge in [-0.15, -0.1) is 0 Å². The minimum Gasteiger partial charge on any atom is -0.507 e. The predicted molar refractivity (Wildman–Crippen MR) is 137 cm³/mol. The first kappa shape index (κ1) is 28.3. The van der Waals surface area contributed by atoms with Crippen LogP contribution in [0.4, 0.5) is 8.78 Å². The summed E-state index contributed by atoms with van der Waals surface area (Å²) in [4.78, 5) is 39.2. The van der Waals surface area contributed by atoms with Gasteiger partial charge in [-0.1, -0.05) is 29.0 Å². The molecule has 13 heteroatoms. The second kappa shape index (κ2) is 12.8.